The Morgan fingerprint density at radius 1 is 1.27 bits per heavy atom. The highest BCUT2D eigenvalue weighted by molar-refractivity contribution is 5.18. The van der Waals surface area contributed by atoms with Crippen molar-refractivity contribution in [3.8, 4) is 0 Å². The third-order valence-electron chi connectivity index (χ3n) is 4.28. The molecule has 3 rings (SSSR count). The molecule has 0 amide bonds. The van der Waals surface area contributed by atoms with Gasteiger partial charge in [-0.25, -0.2) is 9.37 Å². The zero-order valence-electron chi connectivity index (χ0n) is 12.5. The summed E-state index contributed by atoms with van der Waals surface area (Å²) in [6.07, 6.45) is 6.10. The van der Waals surface area contributed by atoms with Crippen molar-refractivity contribution in [2.45, 2.75) is 38.0 Å². The molecule has 0 spiro atoms. The van der Waals surface area contributed by atoms with E-state index >= 15 is 0 Å². The molecule has 1 aromatic heterocycles. The van der Waals surface area contributed by atoms with Crippen molar-refractivity contribution >= 4 is 0 Å². The molecule has 2 aromatic rings. The molecule has 0 radical (unpaired) electrons. The van der Waals surface area contributed by atoms with E-state index in [2.05, 4.69) is 15.0 Å². The lowest BCUT2D eigenvalue weighted by molar-refractivity contribution is 0.0590. The Morgan fingerprint density at radius 2 is 2.09 bits per heavy atom. The van der Waals surface area contributed by atoms with Gasteiger partial charge in [-0.3, -0.25) is 9.58 Å². The van der Waals surface area contributed by atoms with Gasteiger partial charge in [0.25, 0.3) is 0 Å². The van der Waals surface area contributed by atoms with Crippen molar-refractivity contribution in [2.75, 3.05) is 13.1 Å². The van der Waals surface area contributed by atoms with Gasteiger partial charge in [0.2, 0.25) is 0 Å². The first-order chi connectivity index (χ1) is 10.7. The lowest BCUT2D eigenvalue weighted by atomic mass is 10.00. The van der Waals surface area contributed by atoms with Gasteiger partial charge in [-0.15, -0.1) is 0 Å². The molecule has 1 fully saturated rings. The van der Waals surface area contributed by atoms with E-state index in [1.807, 2.05) is 4.68 Å². The van der Waals surface area contributed by atoms with E-state index in [-0.39, 0.29) is 5.82 Å². The lowest BCUT2D eigenvalue weighted by Crippen LogP contribution is -2.44. The first-order valence-corrected chi connectivity index (χ1v) is 7.72. The Hall–Kier alpha value is -1.79. The first-order valence-electron chi connectivity index (χ1n) is 7.72. The van der Waals surface area contributed by atoms with E-state index in [1.54, 1.807) is 24.8 Å². The summed E-state index contributed by atoms with van der Waals surface area (Å²) in [5, 5.41) is 14.6. The maximum absolute atomic E-state index is 13.0. The van der Waals surface area contributed by atoms with Crippen LogP contribution in [0.3, 0.4) is 0 Å². The lowest BCUT2D eigenvalue weighted by Gasteiger charge is -2.36. The van der Waals surface area contributed by atoms with E-state index in [0.717, 1.165) is 31.5 Å². The van der Waals surface area contributed by atoms with Crippen LogP contribution in [-0.4, -0.2) is 43.9 Å². The van der Waals surface area contributed by atoms with Crippen molar-refractivity contribution in [3.05, 3.63) is 48.3 Å². The molecule has 2 atom stereocenters. The first kappa shape index (κ1) is 15.1. The third kappa shape index (κ3) is 3.69. The number of nitrogens with zero attached hydrogens (tertiary/aromatic N) is 4. The average molecular weight is 304 g/mol. The predicted octanol–water partition coefficient (Wildman–Crippen LogP) is 2.01. The summed E-state index contributed by atoms with van der Waals surface area (Å²) in [5.74, 6) is -0.280. The fraction of sp³-hybridized carbons (Fsp3) is 0.500. The number of halogens is 1. The van der Waals surface area contributed by atoms with Crippen LogP contribution in [0, 0.1) is 5.82 Å². The number of benzene rings is 1. The topological polar surface area (TPSA) is 54.2 Å². The number of hydrogen-bond acceptors (Lipinski definition) is 4. The molecule has 118 valence electrons. The summed E-state index contributed by atoms with van der Waals surface area (Å²) in [5.41, 5.74) is 0.756. The van der Waals surface area contributed by atoms with E-state index in [9.17, 15) is 9.50 Å². The Bertz CT molecular complexity index is 572. The number of likely N-dealkylation sites (tertiary alicyclic amines) is 1. The molecule has 1 aliphatic heterocycles. The van der Waals surface area contributed by atoms with Crippen LogP contribution in [0.15, 0.2) is 36.9 Å². The number of aliphatic hydroxyl groups excluding tert-OH is 1. The zero-order valence-corrected chi connectivity index (χ0v) is 12.5. The van der Waals surface area contributed by atoms with Crippen LogP contribution in [0.25, 0.3) is 0 Å². The number of hydrogen-bond donors (Lipinski definition) is 1. The van der Waals surface area contributed by atoms with Crippen molar-refractivity contribution in [1.82, 2.24) is 19.7 Å². The Morgan fingerprint density at radius 3 is 2.82 bits per heavy atom. The Labute approximate surface area is 129 Å². The third-order valence-corrected chi connectivity index (χ3v) is 4.28. The molecule has 0 bridgehead atoms. The molecule has 2 heterocycles. The molecule has 5 nitrogen and oxygen atoms in total. The van der Waals surface area contributed by atoms with Crippen LogP contribution in [0.2, 0.25) is 0 Å². The number of β-amino-alcohol motifs (C(OH)–C–C–N with tert-alkyl or cyclic N) is 1. The average Bonchev–Trinajstić information content (AvgIpc) is 3.03. The summed E-state index contributed by atoms with van der Waals surface area (Å²) in [4.78, 5) is 6.28. The standard InChI is InChI=1S/C16H21FN4O/c17-14-6-4-13(5-7-14)16(22)10-20-8-2-1-3-15(20)9-21-12-18-11-19-21/h4-7,11-12,15-16,22H,1-3,8-10H2. The molecular weight excluding hydrogens is 283 g/mol. The van der Waals surface area contributed by atoms with Gasteiger partial charge in [0, 0.05) is 12.6 Å². The summed E-state index contributed by atoms with van der Waals surface area (Å²) < 4.78 is 14.8. The highest BCUT2D eigenvalue weighted by Gasteiger charge is 2.25. The Kier molecular flexibility index (Phi) is 4.80. The molecule has 22 heavy (non-hydrogen) atoms. The quantitative estimate of drug-likeness (QED) is 0.918. The van der Waals surface area contributed by atoms with Crippen molar-refractivity contribution in [2.24, 2.45) is 0 Å². The van der Waals surface area contributed by atoms with E-state index < -0.39 is 6.10 Å². The van der Waals surface area contributed by atoms with Crippen molar-refractivity contribution in [1.29, 1.82) is 0 Å². The normalized spacial score (nSPS) is 20.9. The summed E-state index contributed by atoms with van der Waals surface area (Å²) in [6, 6.07) is 6.43. The van der Waals surface area contributed by atoms with Crippen molar-refractivity contribution in [3.63, 3.8) is 0 Å². The smallest absolute Gasteiger partial charge is 0.137 e. The van der Waals surface area contributed by atoms with Crippen LogP contribution < -0.4 is 0 Å². The minimum atomic E-state index is -0.600. The van der Waals surface area contributed by atoms with Crippen molar-refractivity contribution < 1.29 is 9.50 Å². The van der Waals surface area contributed by atoms with Gasteiger partial charge in [0.15, 0.2) is 0 Å². The molecular formula is C16H21FN4O. The number of aliphatic hydroxyl groups is 1. The van der Waals surface area contributed by atoms with Gasteiger partial charge in [-0.1, -0.05) is 18.6 Å². The zero-order chi connectivity index (χ0) is 15.4. The maximum atomic E-state index is 13.0. The summed E-state index contributed by atoms with van der Waals surface area (Å²) in [7, 11) is 0. The molecule has 1 aliphatic rings. The second-order valence-electron chi connectivity index (χ2n) is 5.83. The summed E-state index contributed by atoms with van der Waals surface area (Å²) >= 11 is 0. The van der Waals surface area contributed by atoms with E-state index in [1.165, 1.54) is 18.6 Å². The maximum Gasteiger partial charge on any atom is 0.137 e. The van der Waals surface area contributed by atoms with Crippen LogP contribution in [-0.2, 0) is 6.54 Å². The summed E-state index contributed by atoms with van der Waals surface area (Å²) in [6.45, 7) is 2.32. The monoisotopic (exact) mass is 304 g/mol. The largest absolute Gasteiger partial charge is 0.387 e. The minimum Gasteiger partial charge on any atom is -0.387 e. The van der Waals surface area contributed by atoms with E-state index in [0.29, 0.717) is 12.6 Å². The fourth-order valence-corrected chi connectivity index (χ4v) is 3.06. The number of rotatable bonds is 5. The molecule has 1 saturated heterocycles. The van der Waals surface area contributed by atoms with Crippen LogP contribution >= 0.6 is 0 Å². The SMILES string of the molecule is OC(CN1CCCCC1Cn1cncn1)c1ccc(F)cc1. The molecule has 1 N–H and O–H groups in total. The van der Waals surface area contributed by atoms with Gasteiger partial charge in [0.05, 0.1) is 12.6 Å². The van der Waals surface area contributed by atoms with Crippen LogP contribution in [0.5, 0.6) is 0 Å². The molecule has 6 heteroatoms. The van der Waals surface area contributed by atoms with E-state index in [4.69, 9.17) is 0 Å². The number of aromatic nitrogens is 3. The Balaban J connectivity index is 1.64. The van der Waals surface area contributed by atoms with Crippen LogP contribution in [0.4, 0.5) is 4.39 Å². The molecule has 0 aliphatic carbocycles. The highest BCUT2D eigenvalue weighted by Crippen LogP contribution is 2.22. The van der Waals surface area contributed by atoms with Gasteiger partial charge in [-0.05, 0) is 37.1 Å². The van der Waals surface area contributed by atoms with Gasteiger partial charge in [-0.2, -0.15) is 5.10 Å². The number of piperidine rings is 1. The molecule has 1 aromatic carbocycles. The molecule has 2 unspecified atom stereocenters. The van der Waals surface area contributed by atoms with Gasteiger partial charge in [0.1, 0.15) is 18.5 Å². The highest BCUT2D eigenvalue weighted by atomic mass is 19.1. The second-order valence-corrected chi connectivity index (χ2v) is 5.83. The predicted molar refractivity (Wildman–Crippen MR) is 80.6 cm³/mol. The fourth-order valence-electron chi connectivity index (χ4n) is 3.06. The van der Waals surface area contributed by atoms with Gasteiger partial charge < -0.3 is 5.11 Å². The minimum absolute atomic E-state index is 0.280. The van der Waals surface area contributed by atoms with Crippen LogP contribution in [0.1, 0.15) is 30.9 Å². The van der Waals surface area contributed by atoms with Gasteiger partial charge >= 0.3 is 0 Å². The molecule has 0 saturated carbocycles. The second kappa shape index (κ2) is 6.98.